The number of rotatable bonds is 6. The highest BCUT2D eigenvalue weighted by molar-refractivity contribution is 9.10. The van der Waals surface area contributed by atoms with E-state index < -0.39 is 0 Å². The number of pyridine rings is 1. The van der Waals surface area contributed by atoms with Crippen molar-refractivity contribution in [2.24, 2.45) is 0 Å². The standard InChI is InChI=1S/C15H18BrN3/c1-12-14(16)8-9-15(19-12)18-11-5-10-17-13-6-3-2-4-7-13/h2-4,6-9,17H,5,10-11H2,1H3,(H,18,19). The molecule has 4 heteroatoms. The molecule has 0 atom stereocenters. The molecule has 2 N–H and O–H groups in total. The van der Waals surface area contributed by atoms with Gasteiger partial charge >= 0.3 is 0 Å². The summed E-state index contributed by atoms with van der Waals surface area (Å²) in [4.78, 5) is 4.45. The fraction of sp³-hybridized carbons (Fsp3) is 0.267. The predicted octanol–water partition coefficient (Wildman–Crippen LogP) is 4.07. The van der Waals surface area contributed by atoms with Crippen molar-refractivity contribution in [3.05, 3.63) is 52.6 Å². The molecule has 0 aliphatic carbocycles. The van der Waals surface area contributed by atoms with Crippen molar-refractivity contribution in [3.63, 3.8) is 0 Å². The molecule has 0 radical (unpaired) electrons. The molecule has 0 unspecified atom stereocenters. The number of nitrogens with zero attached hydrogens (tertiary/aromatic N) is 1. The molecule has 0 bridgehead atoms. The maximum Gasteiger partial charge on any atom is 0.126 e. The Bertz CT molecular complexity index is 514. The lowest BCUT2D eigenvalue weighted by Crippen LogP contribution is -2.10. The minimum absolute atomic E-state index is 0.911. The molecule has 3 nitrogen and oxygen atoms in total. The van der Waals surface area contributed by atoms with Crippen molar-refractivity contribution in [1.29, 1.82) is 0 Å². The molecule has 0 spiro atoms. The van der Waals surface area contributed by atoms with Gasteiger partial charge < -0.3 is 10.6 Å². The molecule has 1 aromatic heterocycles. The molecule has 0 saturated heterocycles. The minimum Gasteiger partial charge on any atom is -0.385 e. The van der Waals surface area contributed by atoms with E-state index in [0.717, 1.165) is 35.5 Å². The summed E-state index contributed by atoms with van der Waals surface area (Å²) >= 11 is 3.45. The summed E-state index contributed by atoms with van der Waals surface area (Å²) < 4.78 is 1.05. The molecule has 2 rings (SSSR count). The SMILES string of the molecule is Cc1nc(NCCCNc2ccccc2)ccc1Br. The maximum absolute atomic E-state index is 4.45. The Labute approximate surface area is 122 Å². The van der Waals surface area contributed by atoms with Crippen molar-refractivity contribution in [2.45, 2.75) is 13.3 Å². The van der Waals surface area contributed by atoms with Gasteiger partial charge in [0.15, 0.2) is 0 Å². The molecule has 0 amide bonds. The van der Waals surface area contributed by atoms with Gasteiger partial charge in [-0.25, -0.2) is 4.98 Å². The fourth-order valence-electron chi connectivity index (χ4n) is 1.74. The van der Waals surface area contributed by atoms with Crippen LogP contribution in [0.4, 0.5) is 11.5 Å². The van der Waals surface area contributed by atoms with Crippen LogP contribution in [0.15, 0.2) is 46.9 Å². The van der Waals surface area contributed by atoms with E-state index in [4.69, 9.17) is 0 Å². The van der Waals surface area contributed by atoms with Gasteiger partial charge in [-0.15, -0.1) is 0 Å². The fourth-order valence-corrected chi connectivity index (χ4v) is 1.96. The quantitative estimate of drug-likeness (QED) is 0.788. The van der Waals surface area contributed by atoms with Crippen LogP contribution in [-0.4, -0.2) is 18.1 Å². The zero-order valence-corrected chi connectivity index (χ0v) is 12.6. The Morgan fingerprint density at radius 1 is 1.00 bits per heavy atom. The summed E-state index contributed by atoms with van der Waals surface area (Å²) in [5.74, 6) is 0.931. The molecule has 0 fully saturated rings. The van der Waals surface area contributed by atoms with Crippen molar-refractivity contribution >= 4 is 27.4 Å². The summed E-state index contributed by atoms with van der Waals surface area (Å²) in [6.07, 6.45) is 1.05. The van der Waals surface area contributed by atoms with Crippen LogP contribution in [-0.2, 0) is 0 Å². The maximum atomic E-state index is 4.45. The molecular formula is C15H18BrN3. The lowest BCUT2D eigenvalue weighted by molar-refractivity contribution is 0.902. The third-order valence-electron chi connectivity index (χ3n) is 2.78. The average Bonchev–Trinajstić information content (AvgIpc) is 2.43. The van der Waals surface area contributed by atoms with Gasteiger partial charge in [0.1, 0.15) is 5.82 Å². The number of aryl methyl sites for hydroxylation is 1. The smallest absolute Gasteiger partial charge is 0.126 e. The Morgan fingerprint density at radius 2 is 1.74 bits per heavy atom. The topological polar surface area (TPSA) is 37.0 Å². The van der Waals surface area contributed by atoms with E-state index in [0.29, 0.717) is 0 Å². The predicted molar refractivity (Wildman–Crippen MR) is 84.7 cm³/mol. The Balaban J connectivity index is 1.68. The van der Waals surface area contributed by atoms with E-state index in [1.165, 1.54) is 5.69 Å². The first-order chi connectivity index (χ1) is 9.25. The molecule has 0 aliphatic rings. The number of hydrogen-bond acceptors (Lipinski definition) is 3. The monoisotopic (exact) mass is 319 g/mol. The summed E-state index contributed by atoms with van der Waals surface area (Å²) in [6.45, 7) is 3.85. The van der Waals surface area contributed by atoms with E-state index in [1.807, 2.05) is 37.3 Å². The van der Waals surface area contributed by atoms with Gasteiger partial charge in [-0.05, 0) is 53.5 Å². The number of para-hydroxylation sites is 1. The number of anilines is 2. The van der Waals surface area contributed by atoms with Crippen LogP contribution in [0.1, 0.15) is 12.1 Å². The van der Waals surface area contributed by atoms with Crippen LogP contribution in [0.2, 0.25) is 0 Å². The molecule has 2 aromatic rings. The van der Waals surface area contributed by atoms with E-state index in [2.05, 4.69) is 43.7 Å². The Kier molecular flexibility index (Phi) is 5.21. The third kappa shape index (κ3) is 4.56. The average molecular weight is 320 g/mol. The lowest BCUT2D eigenvalue weighted by atomic mass is 10.3. The zero-order chi connectivity index (χ0) is 13.5. The number of halogens is 1. The first-order valence-corrected chi connectivity index (χ1v) is 7.21. The minimum atomic E-state index is 0.911. The molecular weight excluding hydrogens is 302 g/mol. The van der Waals surface area contributed by atoms with E-state index in [1.54, 1.807) is 0 Å². The summed E-state index contributed by atoms with van der Waals surface area (Å²) in [6, 6.07) is 14.3. The van der Waals surface area contributed by atoms with Crippen LogP contribution in [0.25, 0.3) is 0 Å². The third-order valence-corrected chi connectivity index (χ3v) is 3.62. The second-order valence-electron chi connectivity index (χ2n) is 4.34. The van der Waals surface area contributed by atoms with Crippen LogP contribution in [0, 0.1) is 6.92 Å². The van der Waals surface area contributed by atoms with E-state index in [9.17, 15) is 0 Å². The van der Waals surface area contributed by atoms with Gasteiger partial charge in [0.05, 0.1) is 5.69 Å². The largest absolute Gasteiger partial charge is 0.385 e. The highest BCUT2D eigenvalue weighted by Crippen LogP contribution is 2.16. The summed E-state index contributed by atoms with van der Waals surface area (Å²) in [5, 5.41) is 6.71. The Morgan fingerprint density at radius 3 is 2.47 bits per heavy atom. The van der Waals surface area contributed by atoms with Gasteiger partial charge in [-0.3, -0.25) is 0 Å². The number of benzene rings is 1. The van der Waals surface area contributed by atoms with Crippen molar-refractivity contribution in [3.8, 4) is 0 Å². The second kappa shape index (κ2) is 7.14. The first kappa shape index (κ1) is 13.9. The molecule has 0 saturated carbocycles. The number of hydrogen-bond donors (Lipinski definition) is 2. The first-order valence-electron chi connectivity index (χ1n) is 6.41. The zero-order valence-electron chi connectivity index (χ0n) is 11.0. The Hall–Kier alpha value is -1.55. The van der Waals surface area contributed by atoms with Crippen molar-refractivity contribution in [1.82, 2.24) is 4.98 Å². The highest BCUT2D eigenvalue weighted by Gasteiger charge is 1.98. The lowest BCUT2D eigenvalue weighted by Gasteiger charge is -2.08. The number of nitrogens with one attached hydrogen (secondary N) is 2. The van der Waals surface area contributed by atoms with Gasteiger partial charge in [-0.2, -0.15) is 0 Å². The normalized spacial score (nSPS) is 10.2. The van der Waals surface area contributed by atoms with Crippen LogP contribution < -0.4 is 10.6 Å². The molecule has 1 heterocycles. The molecule has 19 heavy (non-hydrogen) atoms. The van der Waals surface area contributed by atoms with E-state index >= 15 is 0 Å². The van der Waals surface area contributed by atoms with Crippen molar-refractivity contribution < 1.29 is 0 Å². The number of aromatic nitrogens is 1. The van der Waals surface area contributed by atoms with Gasteiger partial charge in [0.2, 0.25) is 0 Å². The summed E-state index contributed by atoms with van der Waals surface area (Å²) in [7, 11) is 0. The second-order valence-corrected chi connectivity index (χ2v) is 5.19. The molecule has 1 aromatic carbocycles. The summed E-state index contributed by atoms with van der Waals surface area (Å²) in [5.41, 5.74) is 2.17. The van der Waals surface area contributed by atoms with Crippen LogP contribution in [0.3, 0.4) is 0 Å². The van der Waals surface area contributed by atoms with Crippen molar-refractivity contribution in [2.75, 3.05) is 23.7 Å². The molecule has 100 valence electrons. The van der Waals surface area contributed by atoms with Crippen LogP contribution in [0.5, 0.6) is 0 Å². The van der Waals surface area contributed by atoms with Gasteiger partial charge in [0, 0.05) is 23.2 Å². The highest BCUT2D eigenvalue weighted by atomic mass is 79.9. The van der Waals surface area contributed by atoms with Crippen LogP contribution >= 0.6 is 15.9 Å². The van der Waals surface area contributed by atoms with Gasteiger partial charge in [-0.1, -0.05) is 18.2 Å². The van der Waals surface area contributed by atoms with E-state index in [-0.39, 0.29) is 0 Å². The molecule has 0 aliphatic heterocycles. The van der Waals surface area contributed by atoms with Gasteiger partial charge in [0.25, 0.3) is 0 Å².